The maximum atomic E-state index is 5.73. The van der Waals surface area contributed by atoms with E-state index >= 15 is 0 Å². The third-order valence-corrected chi connectivity index (χ3v) is 2.93. The Morgan fingerprint density at radius 3 is 2.56 bits per heavy atom. The van der Waals surface area contributed by atoms with Crippen LogP contribution < -0.4 is 5.32 Å². The SMILES string of the molecule is CNC(COC1COC1)c1ccc(C)cc1. The summed E-state index contributed by atoms with van der Waals surface area (Å²) in [6.45, 7) is 4.28. The highest BCUT2D eigenvalue weighted by Gasteiger charge is 2.20. The van der Waals surface area contributed by atoms with Crippen molar-refractivity contribution in [2.24, 2.45) is 0 Å². The van der Waals surface area contributed by atoms with Crippen LogP contribution in [0.4, 0.5) is 0 Å². The third-order valence-electron chi connectivity index (χ3n) is 2.93. The van der Waals surface area contributed by atoms with Crippen molar-refractivity contribution in [2.45, 2.75) is 19.1 Å². The van der Waals surface area contributed by atoms with E-state index in [-0.39, 0.29) is 6.04 Å². The number of benzene rings is 1. The first-order chi connectivity index (χ1) is 7.79. The van der Waals surface area contributed by atoms with Gasteiger partial charge in [0.1, 0.15) is 6.10 Å². The van der Waals surface area contributed by atoms with Crippen molar-refractivity contribution >= 4 is 0 Å². The van der Waals surface area contributed by atoms with Crippen LogP contribution in [0.5, 0.6) is 0 Å². The summed E-state index contributed by atoms with van der Waals surface area (Å²) in [7, 11) is 1.96. The fourth-order valence-electron chi connectivity index (χ4n) is 1.69. The molecule has 1 aliphatic rings. The number of rotatable bonds is 5. The molecule has 3 nitrogen and oxygen atoms in total. The van der Waals surface area contributed by atoms with Crippen LogP contribution in [0.3, 0.4) is 0 Å². The standard InChI is InChI=1S/C13H19NO2/c1-10-3-5-11(6-4-10)13(14-2)9-16-12-7-15-8-12/h3-6,12-14H,7-9H2,1-2H3. The molecule has 1 saturated heterocycles. The largest absolute Gasteiger partial charge is 0.376 e. The highest BCUT2D eigenvalue weighted by Crippen LogP contribution is 2.16. The summed E-state index contributed by atoms with van der Waals surface area (Å²) in [6, 6.07) is 8.83. The van der Waals surface area contributed by atoms with Crippen molar-refractivity contribution in [3.8, 4) is 0 Å². The molecule has 0 saturated carbocycles. The Hall–Kier alpha value is -0.900. The fourth-order valence-corrected chi connectivity index (χ4v) is 1.69. The third kappa shape index (κ3) is 2.82. The lowest BCUT2D eigenvalue weighted by atomic mass is 10.1. The Kier molecular flexibility index (Phi) is 3.93. The molecule has 3 heteroatoms. The molecule has 1 unspecified atom stereocenters. The minimum absolute atomic E-state index is 0.265. The molecule has 88 valence electrons. The van der Waals surface area contributed by atoms with Gasteiger partial charge in [-0.15, -0.1) is 0 Å². The maximum Gasteiger partial charge on any atom is 0.104 e. The summed E-state index contributed by atoms with van der Waals surface area (Å²) in [6.07, 6.45) is 0.293. The topological polar surface area (TPSA) is 30.5 Å². The second-order valence-corrected chi connectivity index (χ2v) is 4.24. The van der Waals surface area contributed by atoms with Gasteiger partial charge in [0.05, 0.1) is 25.9 Å². The quantitative estimate of drug-likeness (QED) is 0.820. The van der Waals surface area contributed by atoms with E-state index in [1.54, 1.807) is 0 Å². The minimum Gasteiger partial charge on any atom is -0.376 e. The summed E-state index contributed by atoms with van der Waals surface area (Å²) in [5.74, 6) is 0. The van der Waals surface area contributed by atoms with Gasteiger partial charge in [-0.25, -0.2) is 0 Å². The van der Waals surface area contributed by atoms with E-state index in [9.17, 15) is 0 Å². The van der Waals surface area contributed by atoms with Crippen LogP contribution >= 0.6 is 0 Å². The average Bonchev–Trinajstić information content (AvgIpc) is 2.24. The molecule has 0 aliphatic carbocycles. The first-order valence-corrected chi connectivity index (χ1v) is 5.73. The Morgan fingerprint density at radius 2 is 2.06 bits per heavy atom. The molecule has 0 amide bonds. The van der Waals surface area contributed by atoms with Gasteiger partial charge in [0.25, 0.3) is 0 Å². The molecule has 1 aliphatic heterocycles. The van der Waals surface area contributed by atoms with Crippen LogP contribution in [0.1, 0.15) is 17.2 Å². The zero-order valence-electron chi connectivity index (χ0n) is 9.90. The Morgan fingerprint density at radius 1 is 1.38 bits per heavy atom. The maximum absolute atomic E-state index is 5.73. The van der Waals surface area contributed by atoms with Crippen molar-refractivity contribution in [3.05, 3.63) is 35.4 Å². The lowest BCUT2D eigenvalue weighted by Gasteiger charge is -2.28. The van der Waals surface area contributed by atoms with Crippen LogP contribution in [-0.2, 0) is 9.47 Å². The zero-order chi connectivity index (χ0) is 11.4. The molecule has 1 atom stereocenters. The van der Waals surface area contributed by atoms with Gasteiger partial charge >= 0.3 is 0 Å². The summed E-state index contributed by atoms with van der Waals surface area (Å²) in [4.78, 5) is 0. The van der Waals surface area contributed by atoms with Gasteiger partial charge in [0.15, 0.2) is 0 Å². The number of hydrogen-bond donors (Lipinski definition) is 1. The molecule has 1 N–H and O–H groups in total. The van der Waals surface area contributed by atoms with Crippen LogP contribution in [0.2, 0.25) is 0 Å². The predicted octanol–water partition coefficient (Wildman–Crippen LogP) is 1.67. The predicted molar refractivity (Wildman–Crippen MR) is 63.5 cm³/mol. The second kappa shape index (κ2) is 5.43. The lowest BCUT2D eigenvalue weighted by Crippen LogP contribution is -2.38. The molecule has 2 rings (SSSR count). The highest BCUT2D eigenvalue weighted by atomic mass is 16.6. The van der Waals surface area contributed by atoms with Gasteiger partial charge in [-0.2, -0.15) is 0 Å². The molecule has 0 spiro atoms. The molecule has 1 heterocycles. The van der Waals surface area contributed by atoms with Crippen molar-refractivity contribution in [1.29, 1.82) is 0 Å². The number of ether oxygens (including phenoxy) is 2. The van der Waals surface area contributed by atoms with Gasteiger partial charge in [0.2, 0.25) is 0 Å². The summed E-state index contributed by atoms with van der Waals surface area (Å²) >= 11 is 0. The van der Waals surface area contributed by atoms with Gasteiger partial charge in [0, 0.05) is 0 Å². The van der Waals surface area contributed by atoms with Gasteiger partial charge in [-0.05, 0) is 19.5 Å². The molecule has 1 aromatic carbocycles. The second-order valence-electron chi connectivity index (χ2n) is 4.24. The molecular formula is C13H19NO2. The smallest absolute Gasteiger partial charge is 0.104 e. The zero-order valence-corrected chi connectivity index (χ0v) is 9.90. The summed E-state index contributed by atoms with van der Waals surface area (Å²) in [5.41, 5.74) is 2.56. The van der Waals surface area contributed by atoms with E-state index in [4.69, 9.17) is 9.47 Å². The van der Waals surface area contributed by atoms with Gasteiger partial charge in [-0.1, -0.05) is 29.8 Å². The van der Waals surface area contributed by atoms with E-state index in [0.717, 1.165) is 13.2 Å². The monoisotopic (exact) mass is 221 g/mol. The lowest BCUT2D eigenvalue weighted by molar-refractivity contribution is -0.133. The molecule has 0 bridgehead atoms. The fraction of sp³-hybridized carbons (Fsp3) is 0.538. The molecule has 16 heavy (non-hydrogen) atoms. The average molecular weight is 221 g/mol. The van der Waals surface area contributed by atoms with Crippen LogP contribution in [0, 0.1) is 6.92 Å². The molecule has 1 fully saturated rings. The Labute approximate surface area is 96.8 Å². The van der Waals surface area contributed by atoms with E-state index < -0.39 is 0 Å². The molecular weight excluding hydrogens is 202 g/mol. The van der Waals surface area contributed by atoms with Crippen molar-refractivity contribution in [1.82, 2.24) is 5.32 Å². The molecule has 0 radical (unpaired) electrons. The number of hydrogen-bond acceptors (Lipinski definition) is 3. The highest BCUT2D eigenvalue weighted by molar-refractivity contribution is 5.24. The van der Waals surface area contributed by atoms with Crippen LogP contribution in [0.15, 0.2) is 24.3 Å². The van der Waals surface area contributed by atoms with E-state index in [2.05, 4.69) is 36.5 Å². The molecule has 0 aromatic heterocycles. The van der Waals surface area contributed by atoms with Crippen molar-refractivity contribution < 1.29 is 9.47 Å². The van der Waals surface area contributed by atoms with Crippen LogP contribution in [0.25, 0.3) is 0 Å². The number of aryl methyl sites for hydroxylation is 1. The van der Waals surface area contributed by atoms with Gasteiger partial charge in [-0.3, -0.25) is 0 Å². The first-order valence-electron chi connectivity index (χ1n) is 5.73. The van der Waals surface area contributed by atoms with Gasteiger partial charge < -0.3 is 14.8 Å². The van der Waals surface area contributed by atoms with E-state index in [0.29, 0.717) is 12.7 Å². The van der Waals surface area contributed by atoms with E-state index in [1.165, 1.54) is 11.1 Å². The minimum atomic E-state index is 0.265. The van der Waals surface area contributed by atoms with Crippen LogP contribution in [-0.4, -0.2) is 33.0 Å². The summed E-state index contributed by atoms with van der Waals surface area (Å²) in [5, 5.41) is 3.28. The number of nitrogens with one attached hydrogen (secondary N) is 1. The first kappa shape index (κ1) is 11.6. The normalized spacial score (nSPS) is 18.1. The summed E-state index contributed by atoms with van der Waals surface area (Å²) < 4.78 is 10.8. The molecule has 1 aromatic rings. The van der Waals surface area contributed by atoms with Crippen molar-refractivity contribution in [3.63, 3.8) is 0 Å². The Bertz CT molecular complexity index is 319. The Balaban J connectivity index is 1.90. The number of likely N-dealkylation sites (N-methyl/N-ethyl adjacent to an activating group) is 1. The van der Waals surface area contributed by atoms with Crippen molar-refractivity contribution in [2.75, 3.05) is 26.9 Å². The van der Waals surface area contributed by atoms with E-state index in [1.807, 2.05) is 7.05 Å².